The van der Waals surface area contributed by atoms with Crippen molar-refractivity contribution in [1.82, 2.24) is 9.97 Å². The summed E-state index contributed by atoms with van der Waals surface area (Å²) in [5, 5.41) is 10.1. The number of rotatable bonds is 1. The van der Waals surface area contributed by atoms with Gasteiger partial charge in [0.15, 0.2) is 0 Å². The molecule has 2 heterocycles. The first-order valence-electron chi connectivity index (χ1n) is 5.43. The van der Waals surface area contributed by atoms with Gasteiger partial charge in [0, 0.05) is 10.4 Å². The van der Waals surface area contributed by atoms with Crippen LogP contribution in [0.15, 0.2) is 35.1 Å². The number of phenols is 1. The van der Waals surface area contributed by atoms with E-state index in [1.807, 2.05) is 13.0 Å². The van der Waals surface area contributed by atoms with Crippen molar-refractivity contribution in [3.63, 3.8) is 0 Å². The maximum absolute atomic E-state index is 11.9. The minimum absolute atomic E-state index is 0.150. The number of hydrogen-bond acceptors (Lipinski definition) is 4. The van der Waals surface area contributed by atoms with Gasteiger partial charge in [0.2, 0.25) is 0 Å². The van der Waals surface area contributed by atoms with Crippen LogP contribution in [-0.2, 0) is 0 Å². The van der Waals surface area contributed by atoms with Gasteiger partial charge < -0.3 is 10.1 Å². The fourth-order valence-electron chi connectivity index (χ4n) is 1.84. The molecule has 0 spiro atoms. The maximum atomic E-state index is 11.9. The topological polar surface area (TPSA) is 66.0 Å². The number of benzene rings is 1. The average molecular weight is 258 g/mol. The highest BCUT2D eigenvalue weighted by molar-refractivity contribution is 7.18. The van der Waals surface area contributed by atoms with Gasteiger partial charge in [0.1, 0.15) is 16.4 Å². The summed E-state index contributed by atoms with van der Waals surface area (Å²) in [5.41, 5.74) is 0.544. The number of phenolic OH excluding ortho intramolecular Hbond substituents is 1. The molecule has 0 fully saturated rings. The lowest BCUT2D eigenvalue weighted by atomic mass is 10.2. The second kappa shape index (κ2) is 3.96. The Kier molecular flexibility index (Phi) is 2.41. The van der Waals surface area contributed by atoms with Crippen molar-refractivity contribution in [1.29, 1.82) is 0 Å². The maximum Gasteiger partial charge on any atom is 0.259 e. The normalized spacial score (nSPS) is 10.9. The Bertz CT molecular complexity index is 789. The van der Waals surface area contributed by atoms with Crippen LogP contribution in [0.2, 0.25) is 0 Å². The first kappa shape index (κ1) is 11.0. The van der Waals surface area contributed by atoms with Crippen molar-refractivity contribution in [2.24, 2.45) is 0 Å². The largest absolute Gasteiger partial charge is 0.508 e. The van der Waals surface area contributed by atoms with E-state index in [1.54, 1.807) is 24.3 Å². The Morgan fingerprint density at radius 3 is 2.94 bits per heavy atom. The van der Waals surface area contributed by atoms with Gasteiger partial charge in [-0.1, -0.05) is 12.1 Å². The molecule has 18 heavy (non-hydrogen) atoms. The van der Waals surface area contributed by atoms with Crippen LogP contribution < -0.4 is 5.56 Å². The number of fused-ring (bicyclic) bond motifs is 1. The summed E-state index contributed by atoms with van der Waals surface area (Å²) < 4.78 is 0. The van der Waals surface area contributed by atoms with Crippen LogP contribution >= 0.6 is 11.3 Å². The zero-order chi connectivity index (χ0) is 12.7. The molecule has 0 unspecified atom stereocenters. The highest BCUT2D eigenvalue weighted by atomic mass is 32.1. The van der Waals surface area contributed by atoms with Gasteiger partial charge in [0.05, 0.1) is 5.39 Å². The highest BCUT2D eigenvalue weighted by Gasteiger charge is 2.08. The fraction of sp³-hybridized carbons (Fsp3) is 0.0769. The van der Waals surface area contributed by atoms with Crippen LogP contribution in [0.5, 0.6) is 5.75 Å². The van der Waals surface area contributed by atoms with Crippen LogP contribution in [0, 0.1) is 6.92 Å². The standard InChI is InChI=1S/C13H10N2O2S/c1-7-5-10-12(17)14-11(15-13(10)18-7)8-3-2-4-9(16)6-8/h2-6,16H,1H3,(H,14,15,17). The Morgan fingerprint density at radius 2 is 2.17 bits per heavy atom. The molecule has 90 valence electrons. The number of thiophene rings is 1. The quantitative estimate of drug-likeness (QED) is 0.705. The van der Waals surface area contributed by atoms with E-state index in [0.29, 0.717) is 16.8 Å². The summed E-state index contributed by atoms with van der Waals surface area (Å²) in [6.45, 7) is 1.94. The monoisotopic (exact) mass is 258 g/mol. The zero-order valence-corrected chi connectivity index (χ0v) is 10.4. The average Bonchev–Trinajstić information content (AvgIpc) is 2.70. The molecule has 0 radical (unpaired) electrons. The summed E-state index contributed by atoms with van der Waals surface area (Å²) in [5.74, 6) is 0.628. The molecule has 0 bridgehead atoms. The molecular formula is C13H10N2O2S. The molecule has 0 aliphatic rings. The lowest BCUT2D eigenvalue weighted by molar-refractivity contribution is 0.475. The molecule has 0 saturated heterocycles. The van der Waals surface area contributed by atoms with Crippen molar-refractivity contribution in [3.8, 4) is 17.1 Å². The van der Waals surface area contributed by atoms with E-state index in [4.69, 9.17) is 0 Å². The van der Waals surface area contributed by atoms with Gasteiger partial charge in [-0.05, 0) is 25.1 Å². The van der Waals surface area contributed by atoms with Gasteiger partial charge in [-0.3, -0.25) is 4.79 Å². The third-order valence-corrected chi connectivity index (χ3v) is 3.59. The molecule has 0 atom stereocenters. The van der Waals surface area contributed by atoms with Gasteiger partial charge in [-0.2, -0.15) is 0 Å². The minimum Gasteiger partial charge on any atom is -0.508 e. The smallest absolute Gasteiger partial charge is 0.259 e. The minimum atomic E-state index is -0.150. The highest BCUT2D eigenvalue weighted by Crippen LogP contribution is 2.24. The number of H-pyrrole nitrogens is 1. The lowest BCUT2D eigenvalue weighted by Crippen LogP contribution is -2.07. The molecule has 3 aromatic rings. The van der Waals surface area contributed by atoms with Gasteiger partial charge in [-0.25, -0.2) is 4.98 Å². The van der Waals surface area contributed by atoms with Crippen molar-refractivity contribution in [2.45, 2.75) is 6.92 Å². The van der Waals surface area contributed by atoms with Crippen molar-refractivity contribution in [2.75, 3.05) is 0 Å². The van der Waals surface area contributed by atoms with Crippen molar-refractivity contribution in [3.05, 3.63) is 45.6 Å². The second-order valence-corrected chi connectivity index (χ2v) is 5.28. The number of aromatic nitrogens is 2. The van der Waals surface area contributed by atoms with Crippen molar-refractivity contribution < 1.29 is 5.11 Å². The summed E-state index contributed by atoms with van der Waals surface area (Å²) in [6.07, 6.45) is 0. The van der Waals surface area contributed by atoms with Crippen LogP contribution in [0.1, 0.15) is 4.88 Å². The number of nitrogens with zero attached hydrogens (tertiary/aromatic N) is 1. The number of aromatic hydroxyl groups is 1. The second-order valence-electron chi connectivity index (χ2n) is 4.04. The Hall–Kier alpha value is -2.14. The predicted molar refractivity (Wildman–Crippen MR) is 72.1 cm³/mol. The number of nitrogens with one attached hydrogen (secondary N) is 1. The van der Waals surface area contributed by atoms with E-state index >= 15 is 0 Å². The molecule has 0 amide bonds. The van der Waals surface area contributed by atoms with Crippen LogP contribution in [0.3, 0.4) is 0 Å². The molecule has 2 N–H and O–H groups in total. The Morgan fingerprint density at radius 1 is 1.33 bits per heavy atom. The number of aryl methyl sites for hydroxylation is 1. The van der Waals surface area contributed by atoms with E-state index < -0.39 is 0 Å². The summed E-state index contributed by atoms with van der Waals surface area (Å²) in [4.78, 5) is 20.8. The van der Waals surface area contributed by atoms with Gasteiger partial charge >= 0.3 is 0 Å². The molecule has 0 aliphatic carbocycles. The predicted octanol–water partition coefficient (Wildman–Crippen LogP) is 2.67. The van der Waals surface area contributed by atoms with Crippen LogP contribution in [0.4, 0.5) is 0 Å². The van der Waals surface area contributed by atoms with Crippen molar-refractivity contribution >= 4 is 21.6 Å². The lowest BCUT2D eigenvalue weighted by Gasteiger charge is -2.01. The first-order chi connectivity index (χ1) is 8.63. The van der Waals surface area contributed by atoms with Crippen LogP contribution in [0.25, 0.3) is 21.6 Å². The molecule has 0 aliphatic heterocycles. The first-order valence-corrected chi connectivity index (χ1v) is 6.25. The van der Waals surface area contributed by atoms with E-state index in [0.717, 1.165) is 9.71 Å². The molecule has 5 heteroatoms. The number of hydrogen-bond donors (Lipinski definition) is 2. The third-order valence-electron chi connectivity index (χ3n) is 2.65. The zero-order valence-electron chi connectivity index (χ0n) is 9.60. The van der Waals surface area contributed by atoms with Gasteiger partial charge in [-0.15, -0.1) is 11.3 Å². The van der Waals surface area contributed by atoms with Gasteiger partial charge in [0.25, 0.3) is 5.56 Å². The molecule has 3 rings (SSSR count). The van der Waals surface area contributed by atoms with E-state index in [2.05, 4.69) is 9.97 Å². The summed E-state index contributed by atoms with van der Waals surface area (Å²) in [6, 6.07) is 8.50. The van der Waals surface area contributed by atoms with E-state index in [1.165, 1.54) is 11.3 Å². The molecule has 1 aromatic carbocycles. The van der Waals surface area contributed by atoms with E-state index in [-0.39, 0.29) is 11.3 Å². The molecule has 4 nitrogen and oxygen atoms in total. The Labute approximate surface area is 107 Å². The van der Waals surface area contributed by atoms with Crippen LogP contribution in [-0.4, -0.2) is 15.1 Å². The summed E-state index contributed by atoms with van der Waals surface area (Å²) >= 11 is 1.49. The molecule has 0 saturated carbocycles. The van der Waals surface area contributed by atoms with E-state index in [9.17, 15) is 9.90 Å². The molecule has 2 aromatic heterocycles. The Balaban J connectivity index is 2.27. The fourth-order valence-corrected chi connectivity index (χ4v) is 2.72. The molecular weight excluding hydrogens is 248 g/mol. The number of aromatic amines is 1. The SMILES string of the molecule is Cc1cc2c(=O)[nH]c(-c3cccc(O)c3)nc2s1. The summed E-state index contributed by atoms with van der Waals surface area (Å²) in [7, 11) is 0. The third kappa shape index (κ3) is 1.78.